The van der Waals surface area contributed by atoms with E-state index in [1.54, 1.807) is 12.1 Å². The maximum absolute atomic E-state index is 12.3. The van der Waals surface area contributed by atoms with Gasteiger partial charge in [0.1, 0.15) is 11.5 Å². The molecule has 3 N–H and O–H groups in total. The van der Waals surface area contributed by atoms with E-state index < -0.39 is 12.7 Å². The summed E-state index contributed by atoms with van der Waals surface area (Å²) in [5.74, 6) is 1.48. The zero-order valence-electron chi connectivity index (χ0n) is 17.6. The predicted octanol–water partition coefficient (Wildman–Crippen LogP) is 4.01. The first kappa shape index (κ1) is 22.8. The van der Waals surface area contributed by atoms with E-state index in [2.05, 4.69) is 20.4 Å². The van der Waals surface area contributed by atoms with E-state index in [1.807, 2.05) is 31.2 Å². The molecule has 0 bridgehead atoms. The first-order valence-electron chi connectivity index (χ1n) is 10.5. The standard InChI is InChI=1S/C23H29F2N3O3/c1-2-26-23(27-14-17-6-3-4-9-21(17)30-18-7-5-8-18)28-15-20(29)16-10-12-19(13-11-16)31-22(24)25/h3-4,6,9-13,18,20,22,29H,2,5,7-8,14-15H2,1H3,(H2,26,27,28). The van der Waals surface area contributed by atoms with E-state index in [1.165, 1.54) is 18.6 Å². The van der Waals surface area contributed by atoms with Crippen LogP contribution in [0.5, 0.6) is 11.5 Å². The Bertz CT molecular complexity index is 842. The number of aliphatic hydroxyl groups is 1. The Morgan fingerprint density at radius 3 is 2.52 bits per heavy atom. The number of hydrogen-bond donors (Lipinski definition) is 3. The van der Waals surface area contributed by atoms with E-state index in [0.29, 0.717) is 30.7 Å². The Balaban J connectivity index is 1.57. The van der Waals surface area contributed by atoms with Crippen molar-refractivity contribution < 1.29 is 23.4 Å². The molecule has 8 heteroatoms. The summed E-state index contributed by atoms with van der Waals surface area (Å²) in [5.41, 5.74) is 1.59. The highest BCUT2D eigenvalue weighted by atomic mass is 19.3. The molecule has 0 heterocycles. The number of aliphatic imine (C=N–C) groups is 1. The fourth-order valence-corrected chi connectivity index (χ4v) is 3.11. The molecule has 0 radical (unpaired) electrons. The van der Waals surface area contributed by atoms with E-state index in [4.69, 9.17) is 4.74 Å². The summed E-state index contributed by atoms with van der Waals surface area (Å²) in [6.45, 7) is 0.403. The number of halogens is 2. The average molecular weight is 433 g/mol. The monoisotopic (exact) mass is 433 g/mol. The van der Waals surface area contributed by atoms with Crippen molar-refractivity contribution >= 4 is 5.96 Å². The van der Waals surface area contributed by atoms with Crippen molar-refractivity contribution in [2.24, 2.45) is 4.99 Å². The predicted molar refractivity (Wildman–Crippen MR) is 116 cm³/mol. The van der Waals surface area contributed by atoms with Crippen LogP contribution in [0.4, 0.5) is 8.78 Å². The Labute approximate surface area is 181 Å². The number of nitrogens with one attached hydrogen (secondary N) is 2. The van der Waals surface area contributed by atoms with Crippen molar-refractivity contribution in [1.29, 1.82) is 0 Å². The lowest BCUT2D eigenvalue weighted by Gasteiger charge is -2.27. The van der Waals surface area contributed by atoms with Gasteiger partial charge in [0, 0.05) is 18.7 Å². The van der Waals surface area contributed by atoms with Crippen molar-refractivity contribution in [3.8, 4) is 11.5 Å². The molecule has 3 rings (SSSR count). The largest absolute Gasteiger partial charge is 0.490 e. The Morgan fingerprint density at radius 1 is 1.13 bits per heavy atom. The number of para-hydroxylation sites is 1. The van der Waals surface area contributed by atoms with Crippen LogP contribution in [0, 0.1) is 0 Å². The second-order valence-corrected chi connectivity index (χ2v) is 7.32. The van der Waals surface area contributed by atoms with Gasteiger partial charge in [-0.3, -0.25) is 0 Å². The molecule has 0 amide bonds. The van der Waals surface area contributed by atoms with Crippen LogP contribution < -0.4 is 20.1 Å². The maximum atomic E-state index is 12.3. The van der Waals surface area contributed by atoms with Gasteiger partial charge in [0.2, 0.25) is 0 Å². The van der Waals surface area contributed by atoms with Crippen LogP contribution in [0.2, 0.25) is 0 Å². The molecule has 0 aromatic heterocycles. The van der Waals surface area contributed by atoms with E-state index in [-0.39, 0.29) is 12.3 Å². The number of guanidine groups is 1. The van der Waals surface area contributed by atoms with Crippen LogP contribution >= 0.6 is 0 Å². The van der Waals surface area contributed by atoms with Crippen LogP contribution in [0.1, 0.15) is 43.4 Å². The van der Waals surface area contributed by atoms with Crippen molar-refractivity contribution in [1.82, 2.24) is 10.6 Å². The third-order valence-corrected chi connectivity index (χ3v) is 5.02. The molecule has 0 aliphatic heterocycles. The minimum atomic E-state index is -2.87. The summed E-state index contributed by atoms with van der Waals surface area (Å²) >= 11 is 0. The molecule has 2 aromatic carbocycles. The number of alkyl halides is 2. The Morgan fingerprint density at radius 2 is 1.87 bits per heavy atom. The summed E-state index contributed by atoms with van der Waals surface area (Å²) < 4.78 is 34.9. The summed E-state index contributed by atoms with van der Waals surface area (Å²) in [6.07, 6.45) is 2.86. The minimum Gasteiger partial charge on any atom is -0.490 e. The summed E-state index contributed by atoms with van der Waals surface area (Å²) in [6, 6.07) is 13.8. The minimum absolute atomic E-state index is 0.0524. The quantitative estimate of drug-likeness (QED) is 0.390. The highest BCUT2D eigenvalue weighted by Crippen LogP contribution is 2.28. The van der Waals surface area contributed by atoms with Gasteiger partial charge in [-0.05, 0) is 49.9 Å². The van der Waals surface area contributed by atoms with E-state index in [0.717, 1.165) is 24.2 Å². The lowest BCUT2D eigenvalue weighted by Crippen LogP contribution is -2.39. The second-order valence-electron chi connectivity index (χ2n) is 7.32. The van der Waals surface area contributed by atoms with Gasteiger partial charge in [-0.15, -0.1) is 0 Å². The van der Waals surface area contributed by atoms with Crippen LogP contribution in [0.15, 0.2) is 53.5 Å². The second kappa shape index (κ2) is 11.5. The third-order valence-electron chi connectivity index (χ3n) is 5.02. The smallest absolute Gasteiger partial charge is 0.387 e. The van der Waals surface area contributed by atoms with Gasteiger partial charge < -0.3 is 25.2 Å². The van der Waals surface area contributed by atoms with Gasteiger partial charge in [0.15, 0.2) is 5.96 Å². The number of ether oxygens (including phenoxy) is 2. The van der Waals surface area contributed by atoms with Crippen molar-refractivity contribution in [2.75, 3.05) is 13.1 Å². The van der Waals surface area contributed by atoms with Crippen molar-refractivity contribution in [2.45, 2.75) is 51.6 Å². The lowest BCUT2D eigenvalue weighted by atomic mass is 9.96. The number of benzene rings is 2. The molecule has 31 heavy (non-hydrogen) atoms. The SMILES string of the molecule is CCNC(=NCc1ccccc1OC1CCC1)NCC(O)c1ccc(OC(F)F)cc1. The molecule has 2 aromatic rings. The van der Waals surface area contributed by atoms with Crippen molar-refractivity contribution in [3.63, 3.8) is 0 Å². The van der Waals surface area contributed by atoms with Crippen LogP contribution in [-0.4, -0.2) is 36.9 Å². The van der Waals surface area contributed by atoms with Gasteiger partial charge in [0.25, 0.3) is 0 Å². The van der Waals surface area contributed by atoms with E-state index in [9.17, 15) is 13.9 Å². The maximum Gasteiger partial charge on any atom is 0.387 e. The molecular weight excluding hydrogens is 404 g/mol. The molecular formula is C23H29F2N3O3. The molecule has 0 spiro atoms. The molecule has 1 aliphatic carbocycles. The molecule has 1 unspecified atom stereocenters. The molecule has 1 saturated carbocycles. The lowest BCUT2D eigenvalue weighted by molar-refractivity contribution is -0.0498. The van der Waals surface area contributed by atoms with Crippen LogP contribution in [0.3, 0.4) is 0 Å². The summed E-state index contributed by atoms with van der Waals surface area (Å²) in [4.78, 5) is 4.61. The molecule has 1 fully saturated rings. The normalized spacial score (nSPS) is 15.3. The molecule has 0 saturated heterocycles. The fraction of sp³-hybridized carbons (Fsp3) is 0.435. The van der Waals surface area contributed by atoms with E-state index >= 15 is 0 Å². The zero-order chi connectivity index (χ0) is 22.1. The van der Waals surface area contributed by atoms with Crippen LogP contribution in [-0.2, 0) is 6.54 Å². The van der Waals surface area contributed by atoms with Gasteiger partial charge in [-0.25, -0.2) is 4.99 Å². The molecule has 1 aliphatic rings. The highest BCUT2D eigenvalue weighted by molar-refractivity contribution is 5.79. The van der Waals surface area contributed by atoms with Gasteiger partial charge in [-0.2, -0.15) is 8.78 Å². The Hall–Kier alpha value is -2.87. The highest BCUT2D eigenvalue weighted by Gasteiger charge is 2.20. The van der Waals surface area contributed by atoms with Crippen LogP contribution in [0.25, 0.3) is 0 Å². The van der Waals surface area contributed by atoms with Crippen molar-refractivity contribution in [3.05, 3.63) is 59.7 Å². The molecule has 168 valence electrons. The van der Waals surface area contributed by atoms with Gasteiger partial charge in [-0.1, -0.05) is 30.3 Å². The number of rotatable bonds is 10. The summed E-state index contributed by atoms with van der Waals surface area (Å²) in [7, 11) is 0. The first-order valence-corrected chi connectivity index (χ1v) is 10.5. The van der Waals surface area contributed by atoms with Gasteiger partial charge >= 0.3 is 6.61 Å². The van der Waals surface area contributed by atoms with Gasteiger partial charge in [0.05, 0.1) is 18.8 Å². The zero-order valence-corrected chi connectivity index (χ0v) is 17.6. The molecule has 1 atom stereocenters. The topological polar surface area (TPSA) is 75.1 Å². The Kier molecular flexibility index (Phi) is 8.46. The number of nitrogens with zero attached hydrogens (tertiary/aromatic N) is 1. The first-order chi connectivity index (χ1) is 15.0. The molecule has 6 nitrogen and oxygen atoms in total. The summed E-state index contributed by atoms with van der Waals surface area (Å²) in [5, 5.41) is 16.7. The number of hydrogen-bond acceptors (Lipinski definition) is 4. The number of aliphatic hydroxyl groups excluding tert-OH is 1. The fourth-order valence-electron chi connectivity index (χ4n) is 3.11. The third kappa shape index (κ3) is 7.10. The average Bonchev–Trinajstić information content (AvgIpc) is 2.73.